The zero-order valence-electron chi connectivity index (χ0n) is 15.4. The number of anilines is 1. The van der Waals surface area contributed by atoms with Crippen LogP contribution in [0.4, 0.5) is 5.69 Å². The highest BCUT2D eigenvalue weighted by Gasteiger charge is 2.19. The molecule has 1 aliphatic rings. The molecule has 1 heterocycles. The number of carbonyl (C=O) groups is 1. The Labute approximate surface area is 150 Å². The second-order valence-corrected chi connectivity index (χ2v) is 8.73. The molecule has 1 saturated heterocycles. The summed E-state index contributed by atoms with van der Waals surface area (Å²) in [7, 11) is 0. The van der Waals surface area contributed by atoms with Gasteiger partial charge in [-0.15, -0.1) is 0 Å². The molecule has 1 aliphatic heterocycles. The first-order chi connectivity index (χ1) is 11.3. The van der Waals surface area contributed by atoms with Crippen LogP contribution in [-0.2, 0) is 11.2 Å². The van der Waals surface area contributed by atoms with E-state index in [1.807, 2.05) is 27.7 Å². The van der Waals surface area contributed by atoms with Crippen LogP contribution in [0.1, 0.15) is 33.3 Å². The van der Waals surface area contributed by atoms with Crippen molar-refractivity contribution in [1.29, 1.82) is 0 Å². The third-order valence-electron chi connectivity index (χ3n) is 4.05. The predicted octanol–water partition coefficient (Wildman–Crippen LogP) is 2.99. The molecule has 0 unspecified atom stereocenters. The number of benzene rings is 1. The summed E-state index contributed by atoms with van der Waals surface area (Å²) in [4.78, 5) is 14.7. The van der Waals surface area contributed by atoms with Crippen molar-refractivity contribution in [2.75, 3.05) is 36.5 Å². The molecule has 1 fully saturated rings. The standard InChI is InChI=1S/C19H31N3OS/c1-15(18(23)21-19(2,3)4)20-17-7-5-16(6-8-17)9-10-22-11-13-24-14-12-22/h5-8,15,20H,9-14H2,1-4H3,(H,21,23)/t15-/m1/s1. The summed E-state index contributed by atoms with van der Waals surface area (Å²) in [5.41, 5.74) is 2.14. The summed E-state index contributed by atoms with van der Waals surface area (Å²) in [6.45, 7) is 11.4. The van der Waals surface area contributed by atoms with Gasteiger partial charge in [0.2, 0.25) is 5.91 Å². The number of hydrogen-bond donors (Lipinski definition) is 2. The molecule has 134 valence electrons. The highest BCUT2D eigenvalue weighted by Crippen LogP contribution is 2.14. The smallest absolute Gasteiger partial charge is 0.242 e. The number of rotatable bonds is 6. The Balaban J connectivity index is 1.79. The zero-order chi connectivity index (χ0) is 17.6. The highest BCUT2D eigenvalue weighted by molar-refractivity contribution is 7.99. The first-order valence-electron chi connectivity index (χ1n) is 8.81. The van der Waals surface area contributed by atoms with E-state index in [1.165, 1.54) is 30.2 Å². The van der Waals surface area contributed by atoms with Crippen molar-refractivity contribution < 1.29 is 4.79 Å². The largest absolute Gasteiger partial charge is 0.374 e. The molecule has 0 radical (unpaired) electrons. The van der Waals surface area contributed by atoms with E-state index < -0.39 is 0 Å². The van der Waals surface area contributed by atoms with Crippen LogP contribution in [0.2, 0.25) is 0 Å². The lowest BCUT2D eigenvalue weighted by molar-refractivity contribution is -0.122. The van der Waals surface area contributed by atoms with Gasteiger partial charge in [0.05, 0.1) is 0 Å². The predicted molar refractivity (Wildman–Crippen MR) is 105 cm³/mol. The first-order valence-corrected chi connectivity index (χ1v) is 9.96. The van der Waals surface area contributed by atoms with E-state index in [2.05, 4.69) is 51.6 Å². The third-order valence-corrected chi connectivity index (χ3v) is 4.99. The number of hydrogen-bond acceptors (Lipinski definition) is 4. The van der Waals surface area contributed by atoms with E-state index in [9.17, 15) is 4.79 Å². The van der Waals surface area contributed by atoms with Crippen LogP contribution in [-0.4, -0.2) is 53.5 Å². The summed E-state index contributed by atoms with van der Waals surface area (Å²) in [6.07, 6.45) is 1.09. The summed E-state index contributed by atoms with van der Waals surface area (Å²) >= 11 is 2.05. The van der Waals surface area contributed by atoms with Crippen molar-refractivity contribution in [2.45, 2.75) is 45.7 Å². The first kappa shape index (κ1) is 19.1. The van der Waals surface area contributed by atoms with Crippen molar-refractivity contribution in [2.24, 2.45) is 0 Å². The minimum absolute atomic E-state index is 0.0227. The zero-order valence-corrected chi connectivity index (χ0v) is 16.2. The van der Waals surface area contributed by atoms with Crippen LogP contribution in [0.5, 0.6) is 0 Å². The van der Waals surface area contributed by atoms with Crippen LogP contribution in [0, 0.1) is 0 Å². The molecular formula is C19H31N3OS. The summed E-state index contributed by atoms with van der Waals surface area (Å²) in [6, 6.07) is 8.22. The van der Waals surface area contributed by atoms with Crippen molar-refractivity contribution in [1.82, 2.24) is 10.2 Å². The van der Waals surface area contributed by atoms with Crippen molar-refractivity contribution in [3.8, 4) is 0 Å². The van der Waals surface area contributed by atoms with Gasteiger partial charge in [0.25, 0.3) is 0 Å². The van der Waals surface area contributed by atoms with Crippen LogP contribution in [0.15, 0.2) is 24.3 Å². The molecule has 1 amide bonds. The quantitative estimate of drug-likeness (QED) is 0.829. The van der Waals surface area contributed by atoms with E-state index in [4.69, 9.17) is 0 Å². The Morgan fingerprint density at radius 1 is 1.21 bits per heavy atom. The van der Waals surface area contributed by atoms with Gasteiger partial charge in [0, 0.05) is 42.4 Å². The molecule has 0 saturated carbocycles. The van der Waals surface area contributed by atoms with Crippen LogP contribution in [0.3, 0.4) is 0 Å². The lowest BCUT2D eigenvalue weighted by Crippen LogP contribution is -2.47. The molecule has 24 heavy (non-hydrogen) atoms. The second-order valence-electron chi connectivity index (χ2n) is 7.51. The van der Waals surface area contributed by atoms with E-state index >= 15 is 0 Å². The number of carbonyl (C=O) groups excluding carboxylic acids is 1. The molecule has 0 spiro atoms. The van der Waals surface area contributed by atoms with Gasteiger partial charge in [-0.3, -0.25) is 4.79 Å². The topological polar surface area (TPSA) is 44.4 Å². The highest BCUT2D eigenvalue weighted by atomic mass is 32.2. The van der Waals surface area contributed by atoms with Crippen molar-refractivity contribution in [3.05, 3.63) is 29.8 Å². The van der Waals surface area contributed by atoms with Gasteiger partial charge >= 0.3 is 0 Å². The SMILES string of the molecule is C[C@@H](Nc1ccc(CCN2CCSCC2)cc1)C(=O)NC(C)(C)C. The Hall–Kier alpha value is -1.20. The van der Waals surface area contributed by atoms with Gasteiger partial charge in [-0.2, -0.15) is 11.8 Å². The maximum absolute atomic E-state index is 12.1. The fourth-order valence-electron chi connectivity index (χ4n) is 2.67. The number of thioether (sulfide) groups is 1. The van der Waals surface area contributed by atoms with Crippen LogP contribution in [0.25, 0.3) is 0 Å². The Bertz CT molecular complexity index is 518. The van der Waals surface area contributed by atoms with Gasteiger partial charge in [-0.05, 0) is 51.8 Å². The molecule has 1 aromatic carbocycles. The molecular weight excluding hydrogens is 318 g/mol. The van der Waals surface area contributed by atoms with Gasteiger partial charge in [-0.25, -0.2) is 0 Å². The molecule has 2 N–H and O–H groups in total. The summed E-state index contributed by atoms with van der Waals surface area (Å²) in [5, 5.41) is 6.27. The Morgan fingerprint density at radius 2 is 1.83 bits per heavy atom. The van der Waals surface area contributed by atoms with Crippen LogP contribution < -0.4 is 10.6 Å². The van der Waals surface area contributed by atoms with Gasteiger partial charge < -0.3 is 15.5 Å². The number of nitrogens with zero attached hydrogens (tertiary/aromatic N) is 1. The summed E-state index contributed by atoms with van der Waals surface area (Å²) in [5.74, 6) is 2.55. The van der Waals surface area contributed by atoms with E-state index in [0.717, 1.165) is 18.7 Å². The molecule has 1 atom stereocenters. The summed E-state index contributed by atoms with van der Waals surface area (Å²) < 4.78 is 0. The maximum Gasteiger partial charge on any atom is 0.242 e. The van der Waals surface area contributed by atoms with E-state index in [0.29, 0.717) is 0 Å². The van der Waals surface area contributed by atoms with E-state index in [-0.39, 0.29) is 17.5 Å². The van der Waals surface area contributed by atoms with Gasteiger partial charge in [0.1, 0.15) is 6.04 Å². The third kappa shape index (κ3) is 6.73. The monoisotopic (exact) mass is 349 g/mol. The molecule has 2 rings (SSSR count). The van der Waals surface area contributed by atoms with Crippen molar-refractivity contribution >= 4 is 23.4 Å². The average molecular weight is 350 g/mol. The Kier molecular flexibility index (Phi) is 6.99. The average Bonchev–Trinajstić information content (AvgIpc) is 2.53. The lowest BCUT2D eigenvalue weighted by atomic mass is 10.1. The maximum atomic E-state index is 12.1. The minimum atomic E-state index is -0.249. The molecule has 0 aromatic heterocycles. The fourth-order valence-corrected chi connectivity index (χ4v) is 3.65. The molecule has 0 bridgehead atoms. The fraction of sp³-hybridized carbons (Fsp3) is 0.632. The van der Waals surface area contributed by atoms with Crippen molar-refractivity contribution in [3.63, 3.8) is 0 Å². The molecule has 1 aromatic rings. The van der Waals surface area contributed by atoms with Gasteiger partial charge in [0.15, 0.2) is 0 Å². The molecule has 5 heteroatoms. The normalized spacial score (nSPS) is 17.3. The minimum Gasteiger partial charge on any atom is -0.374 e. The Morgan fingerprint density at radius 3 is 2.42 bits per heavy atom. The second kappa shape index (κ2) is 8.77. The van der Waals surface area contributed by atoms with Gasteiger partial charge in [-0.1, -0.05) is 12.1 Å². The number of amides is 1. The van der Waals surface area contributed by atoms with Crippen LogP contribution >= 0.6 is 11.8 Å². The molecule has 4 nitrogen and oxygen atoms in total. The van der Waals surface area contributed by atoms with E-state index in [1.54, 1.807) is 0 Å². The number of nitrogens with one attached hydrogen (secondary N) is 2. The molecule has 0 aliphatic carbocycles. The lowest BCUT2D eigenvalue weighted by Gasteiger charge is -2.26.